The van der Waals surface area contributed by atoms with Crippen LogP contribution >= 0.6 is 23.1 Å². The molecule has 0 bridgehead atoms. The minimum atomic E-state index is 0.603. The molecule has 4 rings (SSSR count). The summed E-state index contributed by atoms with van der Waals surface area (Å²) in [5, 5.41) is 8.79. The number of nitrogens with zero attached hydrogens (tertiary/aromatic N) is 5. The highest BCUT2D eigenvalue weighted by Crippen LogP contribution is 2.31. The Morgan fingerprint density at radius 1 is 1.32 bits per heavy atom. The van der Waals surface area contributed by atoms with Crippen molar-refractivity contribution in [3.8, 4) is 11.4 Å². The topological polar surface area (TPSA) is 68.5 Å². The number of anilines is 2. The summed E-state index contributed by atoms with van der Waals surface area (Å²) in [5.41, 5.74) is 0.939. The van der Waals surface area contributed by atoms with Gasteiger partial charge in [-0.25, -0.2) is 4.98 Å². The van der Waals surface area contributed by atoms with Crippen LogP contribution in [0, 0.1) is 5.92 Å². The first-order valence-corrected chi connectivity index (χ1v) is 8.16. The molecule has 1 aliphatic carbocycles. The van der Waals surface area contributed by atoms with Crippen LogP contribution in [0.1, 0.15) is 12.8 Å². The number of halogens is 1. The fourth-order valence-electron chi connectivity index (χ4n) is 2.09. The van der Waals surface area contributed by atoms with Crippen molar-refractivity contribution < 1.29 is 0 Å². The molecule has 8 heteroatoms. The Kier molecular flexibility index (Phi) is 3.51. The van der Waals surface area contributed by atoms with Crippen LogP contribution in [-0.2, 0) is 6.54 Å². The molecule has 0 amide bonds. The van der Waals surface area contributed by atoms with E-state index in [1.54, 1.807) is 18.3 Å². The third-order valence-electron chi connectivity index (χ3n) is 3.42. The van der Waals surface area contributed by atoms with Gasteiger partial charge in [-0.15, -0.1) is 0 Å². The summed E-state index contributed by atoms with van der Waals surface area (Å²) >= 11 is 7.11. The largest absolute Gasteiger partial charge is 0.315 e. The SMILES string of the molecule is Clc1ccc(Nc2nc(-c3cnn(CC4CC4)c3)ns2)nc1. The first-order chi connectivity index (χ1) is 10.8. The van der Waals surface area contributed by atoms with Crippen LogP contribution in [0.3, 0.4) is 0 Å². The standard InChI is InChI=1S/C14H13ClN6S/c15-11-3-4-12(16-6-11)18-14-19-13(20-22-14)10-5-17-21(8-10)7-9-1-2-9/h3-6,8-9H,1-2,7H2,(H,16,18,19,20). The van der Waals surface area contributed by atoms with E-state index in [9.17, 15) is 0 Å². The monoisotopic (exact) mass is 332 g/mol. The fraction of sp³-hybridized carbons (Fsp3) is 0.286. The summed E-state index contributed by atoms with van der Waals surface area (Å²) in [6.07, 6.45) is 8.03. The molecule has 0 spiro atoms. The molecular formula is C14H13ClN6S. The molecular weight excluding hydrogens is 320 g/mol. The lowest BCUT2D eigenvalue weighted by atomic mass is 10.3. The Hall–Kier alpha value is -1.99. The second-order valence-electron chi connectivity index (χ2n) is 5.30. The van der Waals surface area contributed by atoms with Crippen molar-refractivity contribution in [2.24, 2.45) is 5.92 Å². The minimum absolute atomic E-state index is 0.603. The Morgan fingerprint density at radius 2 is 2.23 bits per heavy atom. The molecule has 0 atom stereocenters. The first kappa shape index (κ1) is 13.7. The van der Waals surface area contributed by atoms with Gasteiger partial charge in [0, 0.05) is 30.5 Å². The predicted octanol–water partition coefficient (Wildman–Crippen LogP) is 3.60. The zero-order valence-electron chi connectivity index (χ0n) is 11.6. The van der Waals surface area contributed by atoms with Crippen LogP contribution < -0.4 is 5.32 Å². The molecule has 22 heavy (non-hydrogen) atoms. The van der Waals surface area contributed by atoms with Gasteiger partial charge in [0.05, 0.1) is 16.8 Å². The Balaban J connectivity index is 1.48. The van der Waals surface area contributed by atoms with Crippen LogP contribution in [0.5, 0.6) is 0 Å². The molecule has 0 radical (unpaired) electrons. The van der Waals surface area contributed by atoms with E-state index in [1.165, 1.54) is 24.4 Å². The lowest BCUT2D eigenvalue weighted by molar-refractivity contribution is 0.563. The van der Waals surface area contributed by atoms with Crippen LogP contribution in [0.2, 0.25) is 5.02 Å². The van der Waals surface area contributed by atoms with Gasteiger partial charge in [-0.3, -0.25) is 4.68 Å². The van der Waals surface area contributed by atoms with Gasteiger partial charge in [-0.2, -0.15) is 14.5 Å². The van der Waals surface area contributed by atoms with Crippen molar-refractivity contribution in [1.29, 1.82) is 0 Å². The molecule has 3 aromatic rings. The van der Waals surface area contributed by atoms with Gasteiger partial charge < -0.3 is 5.32 Å². The van der Waals surface area contributed by atoms with Crippen molar-refractivity contribution >= 4 is 34.1 Å². The molecule has 1 N–H and O–H groups in total. The minimum Gasteiger partial charge on any atom is -0.315 e. The summed E-state index contributed by atoms with van der Waals surface area (Å²) < 4.78 is 6.34. The molecule has 0 saturated heterocycles. The smallest absolute Gasteiger partial charge is 0.208 e. The molecule has 1 fully saturated rings. The van der Waals surface area contributed by atoms with Crippen molar-refractivity contribution in [1.82, 2.24) is 24.1 Å². The summed E-state index contributed by atoms with van der Waals surface area (Å²) in [6, 6.07) is 3.58. The average Bonchev–Trinajstić information content (AvgIpc) is 3.00. The molecule has 112 valence electrons. The van der Waals surface area contributed by atoms with Gasteiger partial charge in [0.2, 0.25) is 5.13 Å². The number of rotatable bonds is 5. The van der Waals surface area contributed by atoms with Crippen LogP contribution in [0.15, 0.2) is 30.7 Å². The van der Waals surface area contributed by atoms with E-state index in [0.717, 1.165) is 18.0 Å². The normalized spacial score (nSPS) is 14.2. The summed E-state index contributed by atoms with van der Waals surface area (Å²) in [5.74, 6) is 2.17. The van der Waals surface area contributed by atoms with Crippen LogP contribution in [0.4, 0.5) is 10.9 Å². The van der Waals surface area contributed by atoms with E-state index >= 15 is 0 Å². The van der Waals surface area contributed by atoms with Gasteiger partial charge >= 0.3 is 0 Å². The quantitative estimate of drug-likeness (QED) is 0.773. The van der Waals surface area contributed by atoms with Gasteiger partial charge in [0.25, 0.3) is 0 Å². The summed E-state index contributed by atoms with van der Waals surface area (Å²) in [4.78, 5) is 8.65. The third-order valence-corrected chi connectivity index (χ3v) is 4.28. The molecule has 3 aromatic heterocycles. The maximum atomic E-state index is 5.82. The maximum absolute atomic E-state index is 5.82. The molecule has 3 heterocycles. The number of pyridine rings is 1. The fourth-order valence-corrected chi connectivity index (χ4v) is 2.80. The Morgan fingerprint density at radius 3 is 3.00 bits per heavy atom. The predicted molar refractivity (Wildman–Crippen MR) is 86.4 cm³/mol. The molecule has 6 nitrogen and oxygen atoms in total. The zero-order chi connectivity index (χ0) is 14.9. The van der Waals surface area contributed by atoms with E-state index < -0.39 is 0 Å². The Bertz CT molecular complexity index is 777. The Labute approximate surface area is 136 Å². The van der Waals surface area contributed by atoms with Gasteiger partial charge in [0.1, 0.15) is 5.82 Å². The van der Waals surface area contributed by atoms with Crippen molar-refractivity contribution in [3.05, 3.63) is 35.7 Å². The van der Waals surface area contributed by atoms with Crippen molar-refractivity contribution in [2.75, 3.05) is 5.32 Å². The third kappa shape index (κ3) is 3.10. The van der Waals surface area contributed by atoms with E-state index in [4.69, 9.17) is 11.6 Å². The number of hydrogen-bond acceptors (Lipinski definition) is 6. The lowest BCUT2D eigenvalue weighted by Gasteiger charge is -1.99. The molecule has 0 aliphatic heterocycles. The van der Waals surface area contributed by atoms with Gasteiger partial charge in [0.15, 0.2) is 5.82 Å². The number of nitrogens with one attached hydrogen (secondary N) is 1. The van der Waals surface area contributed by atoms with Gasteiger partial charge in [-0.05, 0) is 30.9 Å². The highest BCUT2D eigenvalue weighted by molar-refractivity contribution is 7.09. The first-order valence-electron chi connectivity index (χ1n) is 7.01. The summed E-state index contributed by atoms with van der Waals surface area (Å²) in [7, 11) is 0. The molecule has 0 unspecified atom stereocenters. The number of aromatic nitrogens is 5. The molecule has 1 aliphatic rings. The van der Waals surface area contributed by atoms with Crippen LogP contribution in [0.25, 0.3) is 11.4 Å². The van der Waals surface area contributed by atoms with E-state index in [1.807, 2.05) is 17.1 Å². The van der Waals surface area contributed by atoms with Crippen molar-refractivity contribution in [2.45, 2.75) is 19.4 Å². The van der Waals surface area contributed by atoms with Crippen molar-refractivity contribution in [3.63, 3.8) is 0 Å². The zero-order valence-corrected chi connectivity index (χ0v) is 13.2. The van der Waals surface area contributed by atoms with E-state index in [2.05, 4.69) is 24.8 Å². The van der Waals surface area contributed by atoms with E-state index in [-0.39, 0.29) is 0 Å². The average molecular weight is 333 g/mol. The van der Waals surface area contributed by atoms with Gasteiger partial charge in [-0.1, -0.05) is 11.6 Å². The second-order valence-corrected chi connectivity index (χ2v) is 6.49. The lowest BCUT2D eigenvalue weighted by Crippen LogP contribution is -1.99. The molecule has 0 aromatic carbocycles. The highest BCUT2D eigenvalue weighted by Gasteiger charge is 2.22. The van der Waals surface area contributed by atoms with Crippen LogP contribution in [-0.4, -0.2) is 24.1 Å². The summed E-state index contributed by atoms with van der Waals surface area (Å²) in [6.45, 7) is 0.990. The number of hydrogen-bond donors (Lipinski definition) is 1. The second kappa shape index (κ2) is 5.66. The van der Waals surface area contributed by atoms with E-state index in [0.29, 0.717) is 21.8 Å². The maximum Gasteiger partial charge on any atom is 0.208 e. The highest BCUT2D eigenvalue weighted by atomic mass is 35.5. The molecule has 1 saturated carbocycles.